The highest BCUT2D eigenvalue weighted by Crippen LogP contribution is 2.36. The molecule has 150 valence electrons. The third-order valence-electron chi connectivity index (χ3n) is 5.31. The summed E-state index contributed by atoms with van der Waals surface area (Å²) in [5.41, 5.74) is 1.36. The molecule has 1 N–H and O–H groups in total. The number of sulfonamides is 1. The number of aryl methyl sites for hydroxylation is 1. The predicted molar refractivity (Wildman–Crippen MR) is 109 cm³/mol. The molecule has 0 aromatic heterocycles. The first-order chi connectivity index (χ1) is 13.3. The van der Waals surface area contributed by atoms with Gasteiger partial charge in [0.1, 0.15) is 0 Å². The molecule has 2 aromatic rings. The minimum atomic E-state index is -3.60. The number of carbonyl (C=O) groups excluding carboxylic acids is 1. The average molecular weight is 403 g/mol. The van der Waals surface area contributed by atoms with Gasteiger partial charge in [0, 0.05) is 33.0 Å². The van der Waals surface area contributed by atoms with Gasteiger partial charge in [-0.1, -0.05) is 36.4 Å². The first kappa shape index (κ1) is 20.5. The summed E-state index contributed by atoms with van der Waals surface area (Å²) in [5.74, 6) is -0.140. The Bertz CT molecular complexity index is 950. The number of nitrogens with one attached hydrogen (secondary N) is 1. The van der Waals surface area contributed by atoms with Gasteiger partial charge in [-0.25, -0.2) is 12.7 Å². The van der Waals surface area contributed by atoms with Gasteiger partial charge in [-0.2, -0.15) is 0 Å². The summed E-state index contributed by atoms with van der Waals surface area (Å²) in [7, 11) is -0.611. The van der Waals surface area contributed by atoms with Crippen LogP contribution in [0.4, 0.5) is 5.69 Å². The summed E-state index contributed by atoms with van der Waals surface area (Å²) >= 11 is 0. The number of carbonyl (C=O) groups is 1. The lowest BCUT2D eigenvalue weighted by molar-refractivity contribution is -0.125. The molecule has 0 saturated carbocycles. The smallest absolute Gasteiger partial charge is 0.242 e. The van der Waals surface area contributed by atoms with Crippen LogP contribution in [-0.2, 0) is 25.0 Å². The first-order valence-electron chi connectivity index (χ1n) is 9.25. The van der Waals surface area contributed by atoms with Crippen LogP contribution in [0.1, 0.15) is 24.0 Å². The third kappa shape index (κ3) is 3.83. The fraction of sp³-hybridized carbons (Fsp3) is 0.381. The zero-order chi connectivity index (χ0) is 20.4. The van der Waals surface area contributed by atoms with E-state index in [9.17, 15) is 13.2 Å². The minimum absolute atomic E-state index is 0.140. The predicted octanol–water partition coefficient (Wildman–Crippen LogP) is 2.93. The van der Waals surface area contributed by atoms with Gasteiger partial charge in [0.2, 0.25) is 15.9 Å². The largest absolute Gasteiger partial charge is 0.381 e. The van der Waals surface area contributed by atoms with Crippen molar-refractivity contribution in [3.8, 4) is 0 Å². The van der Waals surface area contributed by atoms with Crippen LogP contribution in [0.3, 0.4) is 0 Å². The van der Waals surface area contributed by atoms with Crippen LogP contribution < -0.4 is 5.32 Å². The lowest BCUT2D eigenvalue weighted by atomic mass is 9.73. The lowest BCUT2D eigenvalue weighted by Crippen LogP contribution is -2.44. The molecular weight excluding hydrogens is 376 g/mol. The normalized spacial score (nSPS) is 16.7. The molecule has 0 spiro atoms. The number of benzene rings is 2. The molecule has 28 heavy (non-hydrogen) atoms. The van der Waals surface area contributed by atoms with Crippen LogP contribution in [0.5, 0.6) is 0 Å². The standard InChI is InChI=1S/C21H26N2O4S/c1-16-9-10-18(15-19(16)28(25,26)23(2)3)22-20(24)21(11-13-27-14-12-21)17-7-5-4-6-8-17/h4-10,15H,11-14H2,1-3H3,(H,22,24). The molecular formula is C21H26N2O4S. The molecule has 0 atom stereocenters. The summed E-state index contributed by atoms with van der Waals surface area (Å²) in [5, 5.41) is 2.95. The van der Waals surface area contributed by atoms with Crippen molar-refractivity contribution in [2.24, 2.45) is 0 Å². The Morgan fingerprint density at radius 2 is 1.71 bits per heavy atom. The topological polar surface area (TPSA) is 75.7 Å². The fourth-order valence-corrected chi connectivity index (χ4v) is 4.67. The number of hydrogen-bond donors (Lipinski definition) is 1. The molecule has 1 fully saturated rings. The molecule has 0 radical (unpaired) electrons. The van der Waals surface area contributed by atoms with Gasteiger partial charge in [-0.3, -0.25) is 4.79 Å². The van der Waals surface area contributed by atoms with E-state index in [1.165, 1.54) is 24.5 Å². The van der Waals surface area contributed by atoms with Crippen LogP contribution in [-0.4, -0.2) is 45.9 Å². The monoisotopic (exact) mass is 402 g/mol. The minimum Gasteiger partial charge on any atom is -0.381 e. The molecule has 1 aliphatic heterocycles. The maximum atomic E-state index is 13.3. The molecule has 0 aliphatic carbocycles. The maximum Gasteiger partial charge on any atom is 0.242 e. The van der Waals surface area contributed by atoms with Crippen molar-refractivity contribution < 1.29 is 17.9 Å². The number of amides is 1. The molecule has 1 aliphatic rings. The Balaban J connectivity index is 1.95. The van der Waals surface area contributed by atoms with Crippen LogP contribution in [0, 0.1) is 6.92 Å². The molecule has 2 aromatic carbocycles. The van der Waals surface area contributed by atoms with E-state index in [0.29, 0.717) is 37.3 Å². The Morgan fingerprint density at radius 1 is 1.07 bits per heavy atom. The zero-order valence-corrected chi connectivity index (χ0v) is 17.3. The Kier molecular flexibility index (Phi) is 5.88. The van der Waals surface area contributed by atoms with E-state index in [1.54, 1.807) is 19.1 Å². The van der Waals surface area contributed by atoms with E-state index in [2.05, 4.69) is 5.32 Å². The van der Waals surface area contributed by atoms with Crippen molar-refractivity contribution >= 4 is 21.6 Å². The second-order valence-electron chi connectivity index (χ2n) is 7.28. The summed E-state index contributed by atoms with van der Waals surface area (Å²) < 4.78 is 31.8. The van der Waals surface area contributed by atoms with Crippen molar-refractivity contribution in [3.05, 3.63) is 59.7 Å². The van der Waals surface area contributed by atoms with Gasteiger partial charge in [-0.15, -0.1) is 0 Å². The molecule has 1 saturated heterocycles. The lowest BCUT2D eigenvalue weighted by Gasteiger charge is -2.36. The molecule has 0 unspecified atom stereocenters. The van der Waals surface area contributed by atoms with Crippen LogP contribution in [0.15, 0.2) is 53.4 Å². The number of nitrogens with zero attached hydrogens (tertiary/aromatic N) is 1. The van der Waals surface area contributed by atoms with Crippen molar-refractivity contribution in [1.82, 2.24) is 4.31 Å². The molecule has 6 nitrogen and oxygen atoms in total. The van der Waals surface area contributed by atoms with Crippen molar-refractivity contribution in [1.29, 1.82) is 0 Å². The van der Waals surface area contributed by atoms with Crippen LogP contribution in [0.2, 0.25) is 0 Å². The zero-order valence-electron chi connectivity index (χ0n) is 16.4. The summed E-state index contributed by atoms with van der Waals surface area (Å²) in [4.78, 5) is 13.5. The fourth-order valence-electron chi connectivity index (χ4n) is 3.53. The maximum absolute atomic E-state index is 13.3. The van der Waals surface area contributed by atoms with Gasteiger partial charge in [-0.05, 0) is 43.0 Å². The number of hydrogen-bond acceptors (Lipinski definition) is 4. The first-order valence-corrected chi connectivity index (χ1v) is 10.7. The van der Waals surface area contributed by atoms with Crippen molar-refractivity contribution in [2.75, 3.05) is 32.6 Å². The van der Waals surface area contributed by atoms with Gasteiger partial charge in [0.25, 0.3) is 0 Å². The van der Waals surface area contributed by atoms with Crippen molar-refractivity contribution in [3.63, 3.8) is 0 Å². The van der Waals surface area contributed by atoms with Crippen LogP contribution >= 0.6 is 0 Å². The molecule has 0 bridgehead atoms. The molecule has 3 rings (SSSR count). The SMILES string of the molecule is Cc1ccc(NC(=O)C2(c3ccccc3)CCOCC2)cc1S(=O)(=O)N(C)C. The van der Waals surface area contributed by atoms with E-state index in [1.807, 2.05) is 30.3 Å². The van der Waals surface area contributed by atoms with E-state index in [-0.39, 0.29) is 10.8 Å². The number of rotatable bonds is 5. The van der Waals surface area contributed by atoms with E-state index in [0.717, 1.165) is 5.56 Å². The summed E-state index contributed by atoms with van der Waals surface area (Å²) in [6.45, 7) is 2.76. The number of ether oxygens (including phenoxy) is 1. The average Bonchev–Trinajstić information content (AvgIpc) is 2.70. The second-order valence-corrected chi connectivity index (χ2v) is 9.40. The third-order valence-corrected chi connectivity index (χ3v) is 7.27. The van der Waals surface area contributed by atoms with E-state index < -0.39 is 15.4 Å². The van der Waals surface area contributed by atoms with Gasteiger partial charge < -0.3 is 10.1 Å². The van der Waals surface area contributed by atoms with Gasteiger partial charge in [0.15, 0.2) is 0 Å². The Hall–Kier alpha value is -2.22. The Morgan fingerprint density at radius 3 is 2.32 bits per heavy atom. The van der Waals surface area contributed by atoms with Crippen LogP contribution in [0.25, 0.3) is 0 Å². The molecule has 1 amide bonds. The summed E-state index contributed by atoms with van der Waals surface area (Å²) in [6, 6.07) is 14.7. The highest BCUT2D eigenvalue weighted by Gasteiger charge is 2.41. The van der Waals surface area contributed by atoms with E-state index >= 15 is 0 Å². The molecule has 1 heterocycles. The summed E-state index contributed by atoms with van der Waals surface area (Å²) in [6.07, 6.45) is 1.16. The highest BCUT2D eigenvalue weighted by atomic mass is 32.2. The number of anilines is 1. The van der Waals surface area contributed by atoms with Gasteiger partial charge in [0.05, 0.1) is 10.3 Å². The quantitative estimate of drug-likeness (QED) is 0.834. The highest BCUT2D eigenvalue weighted by molar-refractivity contribution is 7.89. The second kappa shape index (κ2) is 8.03. The van der Waals surface area contributed by atoms with E-state index in [4.69, 9.17) is 4.74 Å². The molecule has 7 heteroatoms. The van der Waals surface area contributed by atoms with Crippen molar-refractivity contribution in [2.45, 2.75) is 30.1 Å². The van der Waals surface area contributed by atoms with Gasteiger partial charge >= 0.3 is 0 Å². The Labute approximate surface area is 166 Å².